The molecule has 22 heavy (non-hydrogen) atoms. The van der Waals surface area contributed by atoms with Crippen molar-refractivity contribution in [2.24, 2.45) is 12.5 Å². The smallest absolute Gasteiger partial charge is 0.231 e. The van der Waals surface area contributed by atoms with Crippen LogP contribution in [0.4, 0.5) is 0 Å². The van der Waals surface area contributed by atoms with Gasteiger partial charge in [0.1, 0.15) is 0 Å². The van der Waals surface area contributed by atoms with Crippen LogP contribution in [0.25, 0.3) is 0 Å². The van der Waals surface area contributed by atoms with E-state index in [0.717, 1.165) is 31.5 Å². The highest BCUT2D eigenvalue weighted by atomic mass is 35.5. The van der Waals surface area contributed by atoms with E-state index in [1.54, 1.807) is 22.9 Å². The zero-order valence-electron chi connectivity index (χ0n) is 13.4. The van der Waals surface area contributed by atoms with Gasteiger partial charge in [-0.3, -0.25) is 9.48 Å². The molecule has 1 saturated heterocycles. The molecule has 1 amide bonds. The van der Waals surface area contributed by atoms with Gasteiger partial charge >= 0.3 is 0 Å². The molecule has 0 unspecified atom stereocenters. The van der Waals surface area contributed by atoms with Gasteiger partial charge in [-0.2, -0.15) is 5.10 Å². The van der Waals surface area contributed by atoms with Gasteiger partial charge in [0.2, 0.25) is 5.91 Å². The fourth-order valence-corrected chi connectivity index (χ4v) is 2.91. The molecule has 1 aliphatic rings. The van der Waals surface area contributed by atoms with Crippen LogP contribution in [0.2, 0.25) is 0 Å². The van der Waals surface area contributed by atoms with Crippen LogP contribution in [-0.2, 0) is 23.1 Å². The molecule has 0 atom stereocenters. The Kier molecular flexibility index (Phi) is 9.00. The van der Waals surface area contributed by atoms with E-state index in [1.807, 2.05) is 20.3 Å². The van der Waals surface area contributed by atoms with E-state index in [9.17, 15) is 4.79 Å². The molecule has 0 spiro atoms. The number of carbonyl (C=O) groups excluding carboxylic acids is 1. The topological polar surface area (TPSA) is 59.4 Å². The summed E-state index contributed by atoms with van der Waals surface area (Å²) in [7, 11) is 5.40. The molecular formula is C14H26Cl2N4O2. The minimum Gasteiger partial charge on any atom is -0.384 e. The summed E-state index contributed by atoms with van der Waals surface area (Å²) in [6, 6.07) is 0. The third kappa shape index (κ3) is 4.84. The fraction of sp³-hybridized carbons (Fsp3) is 0.714. The zero-order valence-corrected chi connectivity index (χ0v) is 15.0. The van der Waals surface area contributed by atoms with Gasteiger partial charge in [-0.05, 0) is 25.9 Å². The lowest BCUT2D eigenvalue weighted by molar-refractivity contribution is -0.146. The summed E-state index contributed by atoms with van der Waals surface area (Å²) in [5, 5.41) is 7.44. The van der Waals surface area contributed by atoms with Crippen molar-refractivity contribution in [3.63, 3.8) is 0 Å². The van der Waals surface area contributed by atoms with Crippen molar-refractivity contribution >= 4 is 30.7 Å². The molecule has 8 heteroatoms. The maximum absolute atomic E-state index is 12.8. The average Bonchev–Trinajstić information content (AvgIpc) is 2.84. The SMILES string of the molecule is COCC1(C(=O)N(C)Cc2cnn(C)c2)CCNCC1.Cl.Cl. The minimum atomic E-state index is -0.378. The number of aromatic nitrogens is 2. The number of methoxy groups -OCH3 is 1. The first kappa shape index (κ1) is 21.2. The number of hydrogen-bond donors (Lipinski definition) is 1. The number of halogens is 2. The van der Waals surface area contributed by atoms with Crippen LogP contribution in [0, 0.1) is 5.41 Å². The number of amides is 1. The summed E-state index contributed by atoms with van der Waals surface area (Å²) in [6.45, 7) is 2.82. The van der Waals surface area contributed by atoms with E-state index < -0.39 is 0 Å². The van der Waals surface area contributed by atoms with Gasteiger partial charge in [0, 0.05) is 39.5 Å². The molecule has 1 N–H and O–H groups in total. The van der Waals surface area contributed by atoms with Crippen LogP contribution in [0.5, 0.6) is 0 Å². The van der Waals surface area contributed by atoms with E-state index in [-0.39, 0.29) is 36.1 Å². The number of nitrogens with one attached hydrogen (secondary N) is 1. The Morgan fingerprint density at radius 1 is 1.45 bits per heavy atom. The highest BCUT2D eigenvalue weighted by Gasteiger charge is 2.41. The van der Waals surface area contributed by atoms with Crippen molar-refractivity contribution in [3.8, 4) is 0 Å². The summed E-state index contributed by atoms with van der Waals surface area (Å²) >= 11 is 0. The lowest BCUT2D eigenvalue weighted by Crippen LogP contribution is -2.50. The Hall–Kier alpha value is -0.820. The molecule has 1 aromatic heterocycles. The lowest BCUT2D eigenvalue weighted by atomic mass is 9.78. The predicted octanol–water partition coefficient (Wildman–Crippen LogP) is 1.24. The van der Waals surface area contributed by atoms with Crippen molar-refractivity contribution in [2.45, 2.75) is 19.4 Å². The number of piperidine rings is 1. The second-order valence-electron chi connectivity index (χ2n) is 5.65. The molecule has 0 aliphatic carbocycles. The zero-order chi connectivity index (χ0) is 14.6. The van der Waals surface area contributed by atoms with Crippen LogP contribution in [0.3, 0.4) is 0 Å². The third-order valence-corrected chi connectivity index (χ3v) is 3.96. The van der Waals surface area contributed by atoms with Gasteiger partial charge in [-0.15, -0.1) is 24.8 Å². The maximum atomic E-state index is 12.8. The highest BCUT2D eigenvalue weighted by Crippen LogP contribution is 2.31. The second-order valence-corrected chi connectivity index (χ2v) is 5.65. The minimum absolute atomic E-state index is 0. The third-order valence-electron chi connectivity index (χ3n) is 3.96. The van der Waals surface area contributed by atoms with Crippen LogP contribution in [0.1, 0.15) is 18.4 Å². The molecule has 0 aromatic carbocycles. The standard InChI is InChI=1S/C14H24N4O2.2ClH/c1-17(9-12-8-16-18(2)10-12)13(19)14(11-20-3)4-6-15-7-5-14;;/h8,10,15H,4-7,9,11H2,1-3H3;2*1H. The van der Waals surface area contributed by atoms with Crippen LogP contribution < -0.4 is 5.32 Å². The molecule has 0 radical (unpaired) electrons. The Morgan fingerprint density at radius 2 is 2.09 bits per heavy atom. The predicted molar refractivity (Wildman–Crippen MR) is 90.6 cm³/mol. The van der Waals surface area contributed by atoms with E-state index in [2.05, 4.69) is 10.4 Å². The summed E-state index contributed by atoms with van der Waals surface area (Å²) in [6.07, 6.45) is 5.40. The molecular weight excluding hydrogens is 327 g/mol. The van der Waals surface area contributed by atoms with E-state index >= 15 is 0 Å². The van der Waals surface area contributed by atoms with Gasteiger partial charge in [-0.1, -0.05) is 0 Å². The number of nitrogens with zero attached hydrogens (tertiary/aromatic N) is 3. The molecule has 1 fully saturated rings. The largest absolute Gasteiger partial charge is 0.384 e. The van der Waals surface area contributed by atoms with Crippen LogP contribution >= 0.6 is 24.8 Å². The Morgan fingerprint density at radius 3 is 2.59 bits per heavy atom. The molecule has 2 heterocycles. The van der Waals surface area contributed by atoms with Crippen molar-refractivity contribution in [1.29, 1.82) is 0 Å². The van der Waals surface area contributed by atoms with Gasteiger partial charge in [0.25, 0.3) is 0 Å². The molecule has 0 saturated carbocycles. The second kappa shape index (κ2) is 9.35. The molecule has 2 rings (SSSR count). The van der Waals surface area contributed by atoms with Crippen LogP contribution in [-0.4, -0.2) is 54.4 Å². The number of ether oxygens (including phenoxy) is 1. The van der Waals surface area contributed by atoms with E-state index in [0.29, 0.717) is 13.2 Å². The first-order valence-electron chi connectivity index (χ1n) is 7.00. The molecule has 6 nitrogen and oxygen atoms in total. The van der Waals surface area contributed by atoms with Crippen molar-refractivity contribution in [1.82, 2.24) is 20.0 Å². The van der Waals surface area contributed by atoms with Crippen LogP contribution in [0.15, 0.2) is 12.4 Å². The molecule has 0 bridgehead atoms. The van der Waals surface area contributed by atoms with Gasteiger partial charge < -0.3 is 15.0 Å². The normalized spacial score (nSPS) is 16.3. The van der Waals surface area contributed by atoms with Gasteiger partial charge in [-0.25, -0.2) is 0 Å². The van der Waals surface area contributed by atoms with Crippen molar-refractivity contribution < 1.29 is 9.53 Å². The monoisotopic (exact) mass is 352 g/mol. The van der Waals surface area contributed by atoms with Crippen molar-refractivity contribution in [3.05, 3.63) is 18.0 Å². The molecule has 1 aliphatic heterocycles. The first-order chi connectivity index (χ1) is 9.57. The Bertz CT molecular complexity index is 456. The number of rotatable bonds is 5. The molecule has 1 aromatic rings. The van der Waals surface area contributed by atoms with Gasteiger partial charge in [0.05, 0.1) is 18.2 Å². The van der Waals surface area contributed by atoms with E-state index in [4.69, 9.17) is 4.74 Å². The summed E-state index contributed by atoms with van der Waals surface area (Å²) in [5.74, 6) is 0.171. The van der Waals surface area contributed by atoms with E-state index in [1.165, 1.54) is 0 Å². The quantitative estimate of drug-likeness (QED) is 0.865. The maximum Gasteiger partial charge on any atom is 0.231 e. The summed E-state index contributed by atoms with van der Waals surface area (Å²) in [5.41, 5.74) is 0.668. The fourth-order valence-electron chi connectivity index (χ4n) is 2.91. The summed E-state index contributed by atoms with van der Waals surface area (Å²) in [4.78, 5) is 14.6. The average molecular weight is 353 g/mol. The van der Waals surface area contributed by atoms with Crippen molar-refractivity contribution in [2.75, 3.05) is 33.9 Å². The van der Waals surface area contributed by atoms with Gasteiger partial charge in [0.15, 0.2) is 0 Å². The Labute approximate surface area is 144 Å². The number of aryl methyl sites for hydroxylation is 1. The number of hydrogen-bond acceptors (Lipinski definition) is 4. The highest BCUT2D eigenvalue weighted by molar-refractivity contribution is 5.85. The lowest BCUT2D eigenvalue weighted by Gasteiger charge is -2.38. The summed E-state index contributed by atoms with van der Waals surface area (Å²) < 4.78 is 7.07. The molecule has 128 valence electrons. The Balaban J connectivity index is 0.00000220. The first-order valence-corrected chi connectivity index (χ1v) is 7.00. The number of carbonyl (C=O) groups is 1.